The third-order valence-corrected chi connectivity index (χ3v) is 4.22. The Bertz CT molecular complexity index is 1010. The number of benzene rings is 1. The number of nitrogens with zero attached hydrogens (tertiary/aromatic N) is 5. The molecule has 7 heteroatoms. The van der Waals surface area contributed by atoms with E-state index in [-0.39, 0.29) is 0 Å². The van der Waals surface area contributed by atoms with Crippen molar-refractivity contribution in [1.82, 2.24) is 24.3 Å². The van der Waals surface area contributed by atoms with Crippen molar-refractivity contribution in [3.8, 4) is 28.7 Å². The number of aryl methyl sites for hydroxylation is 1. The predicted octanol–water partition coefficient (Wildman–Crippen LogP) is 3.48. The fraction of sp³-hybridized carbons (Fsp3) is 0.211. The average molecular weight is 349 g/mol. The fourth-order valence-corrected chi connectivity index (χ4v) is 2.89. The van der Waals surface area contributed by atoms with Crippen LogP contribution in [0.1, 0.15) is 12.7 Å². The van der Waals surface area contributed by atoms with Gasteiger partial charge in [-0.2, -0.15) is 0 Å². The molecule has 3 heterocycles. The maximum Gasteiger partial charge on any atom is 0.176 e. The van der Waals surface area contributed by atoms with Crippen LogP contribution in [0, 0.1) is 0 Å². The number of hydrogen-bond acceptors (Lipinski definition) is 5. The molecule has 7 nitrogen and oxygen atoms in total. The first kappa shape index (κ1) is 16.1. The molecule has 132 valence electrons. The number of rotatable bonds is 6. The molecule has 0 saturated carbocycles. The van der Waals surface area contributed by atoms with Gasteiger partial charge in [0.25, 0.3) is 0 Å². The Labute approximate surface area is 150 Å². The molecule has 0 saturated heterocycles. The molecule has 0 aliphatic heterocycles. The Hall–Kier alpha value is -3.35. The number of aromatic nitrogens is 5. The van der Waals surface area contributed by atoms with Crippen LogP contribution in [0.4, 0.5) is 0 Å². The Morgan fingerprint density at radius 2 is 1.81 bits per heavy atom. The molecule has 0 fully saturated rings. The predicted molar refractivity (Wildman–Crippen MR) is 96.7 cm³/mol. The zero-order chi connectivity index (χ0) is 17.9. The molecule has 0 bridgehead atoms. The molecule has 1 aromatic carbocycles. The summed E-state index contributed by atoms with van der Waals surface area (Å²) in [6.45, 7) is 3.45. The van der Waals surface area contributed by atoms with Crippen molar-refractivity contribution in [1.29, 1.82) is 0 Å². The maximum atomic E-state index is 5.53. The Kier molecular flexibility index (Phi) is 4.27. The molecule has 3 aromatic heterocycles. The Morgan fingerprint density at radius 3 is 2.58 bits per heavy atom. The van der Waals surface area contributed by atoms with Crippen LogP contribution in [0.5, 0.6) is 5.75 Å². The molecule has 0 radical (unpaired) electrons. The molecule has 0 aliphatic rings. The summed E-state index contributed by atoms with van der Waals surface area (Å²) in [7, 11) is 1.65. The summed E-state index contributed by atoms with van der Waals surface area (Å²) in [6.07, 6.45) is 7.41. The summed E-state index contributed by atoms with van der Waals surface area (Å²) in [6, 6.07) is 9.68. The van der Waals surface area contributed by atoms with Crippen molar-refractivity contribution < 1.29 is 9.26 Å². The van der Waals surface area contributed by atoms with Gasteiger partial charge in [0.1, 0.15) is 11.4 Å². The van der Waals surface area contributed by atoms with Crippen molar-refractivity contribution in [2.45, 2.75) is 20.0 Å². The summed E-state index contributed by atoms with van der Waals surface area (Å²) in [4.78, 5) is 8.88. The lowest BCUT2D eigenvalue weighted by molar-refractivity contribution is 0.378. The topological polar surface area (TPSA) is 70.9 Å². The lowest BCUT2D eigenvalue weighted by atomic mass is 10.1. The zero-order valence-electron chi connectivity index (χ0n) is 14.7. The smallest absolute Gasteiger partial charge is 0.176 e. The Morgan fingerprint density at radius 1 is 1.04 bits per heavy atom. The van der Waals surface area contributed by atoms with E-state index >= 15 is 0 Å². The highest BCUT2D eigenvalue weighted by atomic mass is 16.5. The molecule has 0 N–H and O–H groups in total. The van der Waals surface area contributed by atoms with E-state index in [4.69, 9.17) is 9.26 Å². The summed E-state index contributed by atoms with van der Waals surface area (Å²) >= 11 is 0. The van der Waals surface area contributed by atoms with Gasteiger partial charge in [-0.05, 0) is 19.1 Å². The van der Waals surface area contributed by atoms with E-state index in [1.165, 1.54) is 0 Å². The number of hydrogen-bond donors (Lipinski definition) is 0. The van der Waals surface area contributed by atoms with Crippen LogP contribution in [0.3, 0.4) is 0 Å². The fourth-order valence-electron chi connectivity index (χ4n) is 2.89. The van der Waals surface area contributed by atoms with Gasteiger partial charge in [-0.25, -0.2) is 9.97 Å². The van der Waals surface area contributed by atoms with E-state index in [0.29, 0.717) is 6.54 Å². The molecule has 0 amide bonds. The molecule has 4 rings (SSSR count). The summed E-state index contributed by atoms with van der Waals surface area (Å²) in [5.41, 5.74) is 1.72. The van der Waals surface area contributed by atoms with Crippen LogP contribution >= 0.6 is 0 Å². The van der Waals surface area contributed by atoms with Crippen LogP contribution in [0.2, 0.25) is 0 Å². The molecular weight excluding hydrogens is 330 g/mol. The quantitative estimate of drug-likeness (QED) is 0.533. The standard InChI is InChI=1S/C19H19N5O2/c1-3-23-9-7-20-18(23)19-21-8-10-24(19)13-16-12-17(22-26-16)14-5-4-6-15(11-14)25-2/h4-12H,3,13H2,1-2H3. The second kappa shape index (κ2) is 6.87. The van der Waals surface area contributed by atoms with E-state index in [1.54, 1.807) is 19.5 Å². The molecule has 26 heavy (non-hydrogen) atoms. The highest BCUT2D eigenvalue weighted by molar-refractivity contribution is 5.61. The van der Waals surface area contributed by atoms with Crippen LogP contribution in [-0.4, -0.2) is 31.4 Å². The van der Waals surface area contributed by atoms with Crippen molar-refractivity contribution in [3.63, 3.8) is 0 Å². The van der Waals surface area contributed by atoms with Crippen molar-refractivity contribution >= 4 is 0 Å². The van der Waals surface area contributed by atoms with Gasteiger partial charge in [-0.15, -0.1) is 0 Å². The first-order valence-corrected chi connectivity index (χ1v) is 8.41. The SMILES string of the molecule is CCn1ccnc1-c1nccn1Cc1cc(-c2cccc(OC)c2)no1. The minimum absolute atomic E-state index is 0.531. The van der Waals surface area contributed by atoms with Gasteiger partial charge in [-0.1, -0.05) is 17.3 Å². The first-order chi connectivity index (χ1) is 12.8. The van der Waals surface area contributed by atoms with Crippen LogP contribution in [0.15, 0.2) is 59.6 Å². The third kappa shape index (κ3) is 2.99. The lowest BCUT2D eigenvalue weighted by Crippen LogP contribution is -2.05. The molecule has 0 spiro atoms. The number of methoxy groups -OCH3 is 1. The number of ether oxygens (including phenoxy) is 1. The lowest BCUT2D eigenvalue weighted by Gasteiger charge is -2.07. The summed E-state index contributed by atoms with van der Waals surface area (Å²) < 4.78 is 14.9. The van der Waals surface area contributed by atoms with Gasteiger partial charge in [0.15, 0.2) is 17.4 Å². The average Bonchev–Trinajstić information content (AvgIpc) is 3.42. The molecule has 4 aromatic rings. The van der Waals surface area contributed by atoms with E-state index in [2.05, 4.69) is 26.6 Å². The second-order valence-electron chi connectivity index (χ2n) is 5.83. The van der Waals surface area contributed by atoms with Gasteiger partial charge in [-0.3, -0.25) is 0 Å². The van der Waals surface area contributed by atoms with Gasteiger partial charge in [0, 0.05) is 43.0 Å². The largest absolute Gasteiger partial charge is 0.497 e. The van der Waals surface area contributed by atoms with Crippen LogP contribution in [-0.2, 0) is 13.1 Å². The van der Waals surface area contributed by atoms with Gasteiger partial charge >= 0.3 is 0 Å². The zero-order valence-corrected chi connectivity index (χ0v) is 14.7. The first-order valence-electron chi connectivity index (χ1n) is 8.41. The molecule has 0 atom stereocenters. The van der Waals surface area contributed by atoms with E-state index in [9.17, 15) is 0 Å². The van der Waals surface area contributed by atoms with Crippen molar-refractivity contribution in [2.75, 3.05) is 7.11 Å². The van der Waals surface area contributed by atoms with Crippen LogP contribution < -0.4 is 4.74 Å². The third-order valence-electron chi connectivity index (χ3n) is 4.22. The van der Waals surface area contributed by atoms with Crippen molar-refractivity contribution in [3.05, 3.63) is 60.9 Å². The Balaban J connectivity index is 1.60. The molecule has 0 aliphatic carbocycles. The highest BCUT2D eigenvalue weighted by Crippen LogP contribution is 2.24. The van der Waals surface area contributed by atoms with E-state index in [1.807, 2.05) is 47.3 Å². The monoisotopic (exact) mass is 349 g/mol. The molecular formula is C19H19N5O2. The van der Waals surface area contributed by atoms with Gasteiger partial charge in [0.2, 0.25) is 0 Å². The van der Waals surface area contributed by atoms with Crippen molar-refractivity contribution in [2.24, 2.45) is 0 Å². The normalized spacial score (nSPS) is 11.0. The van der Waals surface area contributed by atoms with Crippen LogP contribution in [0.25, 0.3) is 22.9 Å². The van der Waals surface area contributed by atoms with E-state index < -0.39 is 0 Å². The highest BCUT2D eigenvalue weighted by Gasteiger charge is 2.14. The summed E-state index contributed by atoms with van der Waals surface area (Å²) in [5.74, 6) is 3.17. The minimum Gasteiger partial charge on any atom is -0.497 e. The van der Waals surface area contributed by atoms with Gasteiger partial charge in [0.05, 0.1) is 13.7 Å². The second-order valence-corrected chi connectivity index (χ2v) is 5.83. The molecule has 0 unspecified atom stereocenters. The van der Waals surface area contributed by atoms with Gasteiger partial charge < -0.3 is 18.4 Å². The minimum atomic E-state index is 0.531. The summed E-state index contributed by atoms with van der Waals surface area (Å²) in [5, 5.41) is 4.18. The number of imidazole rings is 2. The maximum absolute atomic E-state index is 5.53. The van der Waals surface area contributed by atoms with E-state index in [0.717, 1.165) is 41.0 Å².